The SMILES string of the molecule is COC1CC([C@@H]2C3CC4OCOC4CC3[C@@H](NC(=O)C(F)(F)[C@]3(O)O[C@H](CO)[C@H](O)[C@H](O)[C@H]3O)[C@H]3COC(=O)[C@H]23)CC(OC)C1OC. The van der Waals surface area contributed by atoms with Gasteiger partial charge in [0.25, 0.3) is 11.7 Å². The number of hydrogen-bond donors (Lipinski definition) is 6. The number of methoxy groups -OCH3 is 3. The van der Waals surface area contributed by atoms with Gasteiger partial charge in [0.2, 0.25) is 0 Å². The normalized spacial score (nSPS) is 49.9. The molecule has 0 radical (unpaired) electrons. The minimum atomic E-state index is -4.90. The lowest BCUT2D eigenvalue weighted by Gasteiger charge is -2.56. The Morgan fingerprint density at radius 3 is 2.15 bits per heavy atom. The predicted molar refractivity (Wildman–Crippen MR) is 149 cm³/mol. The van der Waals surface area contributed by atoms with Crippen LogP contribution in [0.25, 0.3) is 0 Å². The summed E-state index contributed by atoms with van der Waals surface area (Å²) in [6.45, 7) is -1.21. The van der Waals surface area contributed by atoms with Gasteiger partial charge in [-0.25, -0.2) is 0 Å². The topological polar surface area (TPSA) is 212 Å². The number of ether oxygens (including phenoxy) is 7. The minimum absolute atomic E-state index is 0.0440. The van der Waals surface area contributed by atoms with Crippen LogP contribution in [-0.2, 0) is 42.7 Å². The number of alkyl halides is 2. The molecule has 3 saturated heterocycles. The lowest BCUT2D eigenvalue weighted by molar-refractivity contribution is -0.401. The van der Waals surface area contributed by atoms with E-state index in [1.807, 2.05) is 0 Å². The van der Waals surface area contributed by atoms with Crippen LogP contribution in [0.1, 0.15) is 25.7 Å². The molecule has 1 amide bonds. The summed E-state index contributed by atoms with van der Waals surface area (Å²) >= 11 is 0. The zero-order chi connectivity index (χ0) is 34.0. The second-order valence-corrected chi connectivity index (χ2v) is 13.7. The van der Waals surface area contributed by atoms with E-state index >= 15 is 8.78 Å². The molecule has 6 unspecified atom stereocenters. The molecule has 6 aliphatic rings. The highest BCUT2D eigenvalue weighted by atomic mass is 19.3. The van der Waals surface area contributed by atoms with Crippen LogP contribution in [0.4, 0.5) is 8.78 Å². The highest BCUT2D eigenvalue weighted by Gasteiger charge is 2.71. The van der Waals surface area contributed by atoms with Crippen LogP contribution in [0.5, 0.6) is 0 Å². The number of carbonyl (C=O) groups excluding carboxylic acids is 2. The summed E-state index contributed by atoms with van der Waals surface area (Å²) in [7, 11) is 4.73. The van der Waals surface area contributed by atoms with Crippen LogP contribution in [-0.4, -0.2) is 151 Å². The number of halogens is 2. The van der Waals surface area contributed by atoms with Crippen molar-refractivity contribution in [3.8, 4) is 0 Å². The van der Waals surface area contributed by atoms with Gasteiger partial charge >= 0.3 is 11.9 Å². The predicted octanol–water partition coefficient (Wildman–Crippen LogP) is -2.09. The molecule has 15 atom stereocenters. The van der Waals surface area contributed by atoms with Gasteiger partial charge in [-0.3, -0.25) is 9.59 Å². The number of aliphatic hydroxyl groups excluding tert-OH is 4. The maximum absolute atomic E-state index is 16.0. The third kappa shape index (κ3) is 5.59. The van der Waals surface area contributed by atoms with E-state index in [4.69, 9.17) is 33.2 Å². The molecule has 3 aliphatic carbocycles. The van der Waals surface area contributed by atoms with E-state index in [1.165, 1.54) is 0 Å². The molecule has 3 heterocycles. The average molecular weight is 682 g/mol. The lowest BCUT2D eigenvalue weighted by atomic mass is 9.51. The molecule has 17 heteroatoms. The number of esters is 1. The lowest BCUT2D eigenvalue weighted by Crippen LogP contribution is -2.74. The number of fused-ring (bicyclic) bond motifs is 3. The molecule has 3 aliphatic heterocycles. The molecule has 0 aromatic carbocycles. The fraction of sp³-hybridized carbons (Fsp3) is 0.933. The van der Waals surface area contributed by atoms with Crippen LogP contribution >= 0.6 is 0 Å². The van der Waals surface area contributed by atoms with E-state index in [0.717, 1.165) is 0 Å². The second kappa shape index (κ2) is 13.2. The monoisotopic (exact) mass is 681 g/mol. The van der Waals surface area contributed by atoms with Crippen molar-refractivity contribution < 1.29 is 77.1 Å². The molecular formula is C30H45F2NO14. The van der Waals surface area contributed by atoms with Gasteiger partial charge in [0, 0.05) is 33.3 Å². The average Bonchev–Trinajstić information content (AvgIpc) is 3.69. The van der Waals surface area contributed by atoms with Crippen molar-refractivity contribution in [2.24, 2.45) is 35.5 Å². The van der Waals surface area contributed by atoms with E-state index in [2.05, 4.69) is 5.32 Å². The first-order valence-corrected chi connectivity index (χ1v) is 16.0. The second-order valence-electron chi connectivity index (χ2n) is 13.7. The zero-order valence-electron chi connectivity index (χ0n) is 26.4. The molecule has 3 saturated carbocycles. The number of rotatable bonds is 8. The summed E-state index contributed by atoms with van der Waals surface area (Å²) in [5.74, 6) is -14.2. The Labute approximate surface area is 269 Å². The summed E-state index contributed by atoms with van der Waals surface area (Å²) in [5, 5.41) is 53.3. The highest BCUT2D eigenvalue weighted by molar-refractivity contribution is 5.85. The number of carbonyl (C=O) groups is 2. The van der Waals surface area contributed by atoms with Crippen molar-refractivity contribution in [2.75, 3.05) is 41.3 Å². The van der Waals surface area contributed by atoms with Crippen LogP contribution in [0.3, 0.4) is 0 Å². The number of nitrogens with one attached hydrogen (secondary N) is 1. The molecule has 268 valence electrons. The van der Waals surface area contributed by atoms with E-state index in [0.29, 0.717) is 25.7 Å². The molecular weight excluding hydrogens is 636 g/mol. The Kier molecular flexibility index (Phi) is 9.92. The molecule has 6 fully saturated rings. The quantitative estimate of drug-likeness (QED) is 0.152. The summed E-state index contributed by atoms with van der Waals surface area (Å²) in [5.41, 5.74) is 0. The van der Waals surface area contributed by atoms with Gasteiger partial charge in [-0.2, -0.15) is 8.78 Å². The Morgan fingerprint density at radius 2 is 1.57 bits per heavy atom. The fourth-order valence-electron chi connectivity index (χ4n) is 9.47. The zero-order valence-corrected chi connectivity index (χ0v) is 26.4. The molecule has 6 N–H and O–H groups in total. The molecule has 0 aromatic rings. The standard InChI is InChI=1S/C30H45F2NO14/c1-41-17-4-11(5-18(42-2)25(17)43-3)20-12-6-15-16(46-10-45-15)7-13(12)22(14-9-44-27(38)21(14)20)33-28(39)29(31,32)30(40)26(37)24(36)23(35)19(8-34)47-30/h11-26,34-37,40H,4-10H2,1-3H3,(H,33,39)/t11?,12?,13?,14-,15?,16?,17?,18?,19+,20+,21-,22+,23-,24-,25?,26+,30+/m0/s1. The van der Waals surface area contributed by atoms with E-state index in [-0.39, 0.29) is 61.7 Å². The number of cyclic esters (lactones) is 1. The summed E-state index contributed by atoms with van der Waals surface area (Å²) in [6.07, 6.45) is -9.10. The molecule has 15 nitrogen and oxygen atoms in total. The van der Waals surface area contributed by atoms with E-state index in [1.54, 1.807) is 21.3 Å². The highest BCUT2D eigenvalue weighted by Crippen LogP contribution is 2.57. The van der Waals surface area contributed by atoms with Crippen molar-refractivity contribution in [1.29, 1.82) is 0 Å². The number of hydrogen-bond acceptors (Lipinski definition) is 14. The summed E-state index contributed by atoms with van der Waals surface area (Å²) in [4.78, 5) is 27.0. The Hall–Kier alpha value is -1.64. The van der Waals surface area contributed by atoms with Crippen molar-refractivity contribution in [3.63, 3.8) is 0 Å². The van der Waals surface area contributed by atoms with Gasteiger partial charge in [0.15, 0.2) is 0 Å². The van der Waals surface area contributed by atoms with Gasteiger partial charge in [-0.05, 0) is 49.4 Å². The molecule has 6 rings (SSSR count). The van der Waals surface area contributed by atoms with E-state index in [9.17, 15) is 35.1 Å². The van der Waals surface area contributed by atoms with Crippen molar-refractivity contribution in [1.82, 2.24) is 5.32 Å². The van der Waals surface area contributed by atoms with E-state index < -0.39 is 78.4 Å². The third-order valence-corrected chi connectivity index (χ3v) is 11.7. The van der Waals surface area contributed by atoms with Crippen LogP contribution in [0.2, 0.25) is 0 Å². The van der Waals surface area contributed by atoms with Crippen LogP contribution in [0.15, 0.2) is 0 Å². The Balaban J connectivity index is 1.33. The Bertz CT molecular complexity index is 1150. The maximum Gasteiger partial charge on any atom is 0.379 e. The van der Waals surface area contributed by atoms with Crippen LogP contribution in [0, 0.1) is 35.5 Å². The van der Waals surface area contributed by atoms with Gasteiger partial charge < -0.3 is 64.0 Å². The third-order valence-electron chi connectivity index (χ3n) is 11.7. The van der Waals surface area contributed by atoms with Gasteiger partial charge in [0.1, 0.15) is 37.3 Å². The first-order valence-electron chi connectivity index (χ1n) is 16.0. The summed E-state index contributed by atoms with van der Waals surface area (Å²) in [6, 6.07) is -1.06. The molecule has 47 heavy (non-hydrogen) atoms. The smallest absolute Gasteiger partial charge is 0.379 e. The first-order chi connectivity index (χ1) is 22.3. The largest absolute Gasteiger partial charge is 0.465 e. The minimum Gasteiger partial charge on any atom is -0.465 e. The van der Waals surface area contributed by atoms with Crippen molar-refractivity contribution in [2.45, 2.75) is 98.4 Å². The number of aliphatic hydroxyl groups is 5. The first kappa shape index (κ1) is 35.2. The Morgan fingerprint density at radius 1 is 0.957 bits per heavy atom. The van der Waals surface area contributed by atoms with Crippen LogP contribution < -0.4 is 5.32 Å². The van der Waals surface area contributed by atoms with Gasteiger partial charge in [-0.1, -0.05) is 0 Å². The molecule has 0 bridgehead atoms. The van der Waals surface area contributed by atoms with Gasteiger partial charge in [-0.15, -0.1) is 0 Å². The molecule has 0 aromatic heterocycles. The van der Waals surface area contributed by atoms with Crippen molar-refractivity contribution >= 4 is 11.9 Å². The molecule has 0 spiro atoms. The number of amides is 1. The maximum atomic E-state index is 16.0. The van der Waals surface area contributed by atoms with Gasteiger partial charge in [0.05, 0.1) is 43.5 Å². The summed E-state index contributed by atoms with van der Waals surface area (Å²) < 4.78 is 71.2. The fourth-order valence-corrected chi connectivity index (χ4v) is 9.47. The van der Waals surface area contributed by atoms with Crippen molar-refractivity contribution in [3.05, 3.63) is 0 Å².